The summed E-state index contributed by atoms with van der Waals surface area (Å²) in [5, 5.41) is 3.37. The maximum atomic E-state index is 12.0. The fourth-order valence-electron chi connectivity index (χ4n) is 2.95. The van der Waals surface area contributed by atoms with Crippen LogP contribution in [0, 0.1) is 5.92 Å². The molecule has 0 saturated carbocycles. The Morgan fingerprint density at radius 2 is 2.00 bits per heavy atom. The van der Waals surface area contributed by atoms with Crippen molar-refractivity contribution in [2.24, 2.45) is 5.92 Å². The van der Waals surface area contributed by atoms with E-state index in [1.807, 2.05) is 0 Å². The van der Waals surface area contributed by atoms with Crippen LogP contribution in [-0.4, -0.2) is 36.5 Å². The molecule has 0 spiro atoms. The molecule has 1 N–H and O–H groups in total. The lowest BCUT2D eigenvalue weighted by atomic mass is 9.93. The number of halogens is 1. The molecule has 4 heteroatoms. The first kappa shape index (κ1) is 14.8. The molecule has 2 rings (SSSR count). The number of piperidine rings is 1. The van der Waals surface area contributed by atoms with Crippen LogP contribution in [0.25, 0.3) is 0 Å². The van der Waals surface area contributed by atoms with E-state index in [1.165, 1.54) is 25.7 Å². The van der Waals surface area contributed by atoms with Gasteiger partial charge < -0.3 is 10.2 Å². The van der Waals surface area contributed by atoms with Gasteiger partial charge in [0.05, 0.1) is 0 Å². The zero-order valence-electron chi connectivity index (χ0n) is 10.8. The minimum absolute atomic E-state index is 0. The van der Waals surface area contributed by atoms with Gasteiger partial charge in [0, 0.05) is 19.0 Å². The monoisotopic (exact) mass is 260 g/mol. The highest BCUT2D eigenvalue weighted by Crippen LogP contribution is 2.21. The number of nitrogens with one attached hydrogen (secondary N) is 1. The summed E-state index contributed by atoms with van der Waals surface area (Å²) in [6.45, 7) is 5.44. The van der Waals surface area contributed by atoms with Gasteiger partial charge in [-0.3, -0.25) is 4.79 Å². The molecule has 2 aliphatic rings. The van der Waals surface area contributed by atoms with Crippen molar-refractivity contribution in [3.8, 4) is 0 Å². The number of hydrogen-bond donors (Lipinski definition) is 1. The number of carbonyl (C=O) groups is 1. The number of carbonyl (C=O) groups excluding carboxylic acids is 1. The van der Waals surface area contributed by atoms with Crippen molar-refractivity contribution in [1.29, 1.82) is 0 Å². The van der Waals surface area contributed by atoms with Crippen LogP contribution in [0.15, 0.2) is 0 Å². The van der Waals surface area contributed by atoms with Crippen LogP contribution in [0.1, 0.15) is 45.4 Å². The molecule has 0 aromatic rings. The molecule has 3 nitrogen and oxygen atoms in total. The van der Waals surface area contributed by atoms with Gasteiger partial charge in [-0.25, -0.2) is 0 Å². The summed E-state index contributed by atoms with van der Waals surface area (Å²) < 4.78 is 0. The summed E-state index contributed by atoms with van der Waals surface area (Å²) in [4.78, 5) is 14.1. The van der Waals surface area contributed by atoms with E-state index in [4.69, 9.17) is 0 Å². The molecule has 2 aliphatic heterocycles. The van der Waals surface area contributed by atoms with E-state index < -0.39 is 0 Å². The SMILES string of the molecule is CC1CCCN1C(=O)CCC1CCNCC1.Cl. The summed E-state index contributed by atoms with van der Waals surface area (Å²) >= 11 is 0. The first-order valence-corrected chi connectivity index (χ1v) is 6.77. The van der Waals surface area contributed by atoms with Gasteiger partial charge in [0.2, 0.25) is 5.91 Å². The van der Waals surface area contributed by atoms with Gasteiger partial charge in [0.1, 0.15) is 0 Å². The third kappa shape index (κ3) is 4.14. The Hall–Kier alpha value is -0.280. The molecule has 1 atom stereocenters. The van der Waals surface area contributed by atoms with Gasteiger partial charge in [0.25, 0.3) is 0 Å². The van der Waals surface area contributed by atoms with Gasteiger partial charge in [-0.2, -0.15) is 0 Å². The highest BCUT2D eigenvalue weighted by atomic mass is 35.5. The number of amides is 1. The average Bonchev–Trinajstić information content (AvgIpc) is 2.74. The second kappa shape index (κ2) is 7.22. The third-order valence-electron chi connectivity index (χ3n) is 4.10. The quantitative estimate of drug-likeness (QED) is 0.844. The standard InChI is InChI=1S/C13H24N2O.ClH/c1-11-3-2-10-15(11)13(16)5-4-12-6-8-14-9-7-12;/h11-12,14H,2-10H2,1H3;1H. The van der Waals surface area contributed by atoms with E-state index in [0.717, 1.165) is 38.4 Å². The summed E-state index contributed by atoms with van der Waals surface area (Å²) in [5.74, 6) is 1.17. The first-order chi connectivity index (χ1) is 7.77. The van der Waals surface area contributed by atoms with Gasteiger partial charge in [0.15, 0.2) is 0 Å². The van der Waals surface area contributed by atoms with Gasteiger partial charge >= 0.3 is 0 Å². The summed E-state index contributed by atoms with van der Waals surface area (Å²) in [6, 6.07) is 0.487. The Bertz CT molecular complexity index is 242. The van der Waals surface area contributed by atoms with Crippen LogP contribution in [-0.2, 0) is 4.79 Å². The Labute approximate surface area is 111 Å². The fourth-order valence-corrected chi connectivity index (χ4v) is 2.95. The van der Waals surface area contributed by atoms with Crippen LogP contribution < -0.4 is 5.32 Å². The average molecular weight is 261 g/mol. The summed E-state index contributed by atoms with van der Waals surface area (Å²) in [6.07, 6.45) is 6.77. The minimum atomic E-state index is 0. The smallest absolute Gasteiger partial charge is 0.222 e. The third-order valence-corrected chi connectivity index (χ3v) is 4.10. The van der Waals surface area contributed by atoms with Crippen molar-refractivity contribution < 1.29 is 4.79 Å². The Morgan fingerprint density at radius 1 is 1.29 bits per heavy atom. The highest BCUT2D eigenvalue weighted by Gasteiger charge is 2.25. The highest BCUT2D eigenvalue weighted by molar-refractivity contribution is 5.85. The molecular formula is C13H25ClN2O. The van der Waals surface area contributed by atoms with Crippen LogP contribution >= 0.6 is 12.4 Å². The summed E-state index contributed by atoms with van der Waals surface area (Å²) in [7, 11) is 0. The maximum Gasteiger partial charge on any atom is 0.222 e. The topological polar surface area (TPSA) is 32.3 Å². The Kier molecular flexibility index (Phi) is 6.28. The van der Waals surface area contributed by atoms with Crippen molar-refractivity contribution >= 4 is 18.3 Å². The van der Waals surface area contributed by atoms with E-state index in [0.29, 0.717) is 11.9 Å². The second-order valence-corrected chi connectivity index (χ2v) is 5.31. The molecule has 2 fully saturated rings. The maximum absolute atomic E-state index is 12.0. The molecule has 1 amide bonds. The van der Waals surface area contributed by atoms with Crippen molar-refractivity contribution in [3.63, 3.8) is 0 Å². The van der Waals surface area contributed by atoms with Crippen molar-refractivity contribution in [1.82, 2.24) is 10.2 Å². The molecule has 1 unspecified atom stereocenters. The molecule has 100 valence electrons. The zero-order chi connectivity index (χ0) is 11.4. The largest absolute Gasteiger partial charge is 0.340 e. The van der Waals surface area contributed by atoms with Crippen LogP contribution in [0.5, 0.6) is 0 Å². The predicted octanol–water partition coefficient (Wildman–Crippen LogP) is 2.20. The molecule has 2 saturated heterocycles. The van der Waals surface area contributed by atoms with Crippen molar-refractivity contribution in [2.75, 3.05) is 19.6 Å². The van der Waals surface area contributed by atoms with E-state index in [9.17, 15) is 4.79 Å². The molecule has 0 aromatic carbocycles. The first-order valence-electron chi connectivity index (χ1n) is 6.77. The van der Waals surface area contributed by atoms with Crippen LogP contribution in [0.3, 0.4) is 0 Å². The van der Waals surface area contributed by atoms with Crippen molar-refractivity contribution in [3.05, 3.63) is 0 Å². The lowest BCUT2D eigenvalue weighted by Crippen LogP contribution is -2.34. The number of rotatable bonds is 3. The second-order valence-electron chi connectivity index (χ2n) is 5.31. The fraction of sp³-hybridized carbons (Fsp3) is 0.923. The molecule has 2 heterocycles. The molecule has 0 radical (unpaired) electrons. The van der Waals surface area contributed by atoms with E-state index in [-0.39, 0.29) is 12.4 Å². The van der Waals surface area contributed by atoms with E-state index in [1.54, 1.807) is 0 Å². The predicted molar refractivity (Wildman–Crippen MR) is 72.5 cm³/mol. The van der Waals surface area contributed by atoms with Gasteiger partial charge in [-0.1, -0.05) is 0 Å². The summed E-state index contributed by atoms with van der Waals surface area (Å²) in [5.41, 5.74) is 0. The van der Waals surface area contributed by atoms with Crippen molar-refractivity contribution in [2.45, 2.75) is 51.5 Å². The molecule has 0 aromatic heterocycles. The minimum Gasteiger partial charge on any atom is -0.340 e. The molecule has 0 aliphatic carbocycles. The van der Waals surface area contributed by atoms with Crippen LogP contribution in [0.2, 0.25) is 0 Å². The number of hydrogen-bond acceptors (Lipinski definition) is 2. The zero-order valence-corrected chi connectivity index (χ0v) is 11.6. The lowest BCUT2D eigenvalue weighted by Gasteiger charge is -2.25. The van der Waals surface area contributed by atoms with E-state index in [2.05, 4.69) is 17.1 Å². The number of nitrogens with zero attached hydrogens (tertiary/aromatic N) is 1. The lowest BCUT2D eigenvalue weighted by molar-refractivity contribution is -0.132. The molecule has 0 bridgehead atoms. The van der Waals surface area contributed by atoms with Gasteiger partial charge in [-0.05, 0) is 58.0 Å². The Balaban J connectivity index is 0.00000144. The van der Waals surface area contributed by atoms with Gasteiger partial charge in [-0.15, -0.1) is 12.4 Å². The Morgan fingerprint density at radius 3 is 2.59 bits per heavy atom. The van der Waals surface area contributed by atoms with E-state index >= 15 is 0 Å². The number of likely N-dealkylation sites (tertiary alicyclic amines) is 1. The van der Waals surface area contributed by atoms with Crippen LogP contribution in [0.4, 0.5) is 0 Å². The molecule has 17 heavy (non-hydrogen) atoms. The molecular weight excluding hydrogens is 236 g/mol. The normalized spacial score (nSPS) is 25.7.